The molecule has 0 atom stereocenters. The largest absolute Gasteiger partial charge is 0.494 e. The van der Waals surface area contributed by atoms with Crippen molar-refractivity contribution < 1.29 is 9.31 Å². The van der Waals surface area contributed by atoms with Gasteiger partial charge in [0.1, 0.15) is 0 Å². The fourth-order valence-corrected chi connectivity index (χ4v) is 3.78. The van der Waals surface area contributed by atoms with Gasteiger partial charge in [0.15, 0.2) is 0 Å². The summed E-state index contributed by atoms with van der Waals surface area (Å²) in [5, 5.41) is 0. The number of pyridine rings is 3. The Bertz CT molecular complexity index is 1140. The second-order valence-electron chi connectivity index (χ2n) is 8.51. The average molecular weight is 421 g/mol. The van der Waals surface area contributed by atoms with Crippen molar-refractivity contribution in [3.8, 4) is 33.9 Å². The number of benzene rings is 1. The summed E-state index contributed by atoms with van der Waals surface area (Å²) in [7, 11) is -0.335. The minimum absolute atomic E-state index is 0.179. The van der Waals surface area contributed by atoms with Gasteiger partial charge < -0.3 is 9.31 Å². The van der Waals surface area contributed by atoms with Gasteiger partial charge in [-0.1, -0.05) is 36.4 Å². The molecule has 0 saturated carbocycles. The number of hydrogen-bond donors (Lipinski definition) is 0. The predicted octanol–water partition coefficient (Wildman–Crippen LogP) is 4.78. The van der Waals surface area contributed by atoms with Crippen LogP contribution in [0.25, 0.3) is 33.9 Å². The quantitative estimate of drug-likeness (QED) is 0.444. The maximum Gasteiger partial charge on any atom is 0.494 e. The fourth-order valence-electron chi connectivity index (χ4n) is 3.78. The van der Waals surface area contributed by atoms with Crippen molar-refractivity contribution in [2.75, 3.05) is 6.61 Å². The SMILES string of the molecule is CC1(C)CCOB(c2ccc(-c3cc(-c4ccccn4)nc(-c4ccccn4)c3)cc2)O1. The molecule has 0 N–H and O–H groups in total. The zero-order valence-electron chi connectivity index (χ0n) is 18.2. The van der Waals surface area contributed by atoms with Gasteiger partial charge in [0, 0.05) is 19.0 Å². The van der Waals surface area contributed by atoms with Crippen LogP contribution in [0.4, 0.5) is 0 Å². The molecule has 0 spiro atoms. The van der Waals surface area contributed by atoms with Gasteiger partial charge in [0.05, 0.1) is 28.4 Å². The predicted molar refractivity (Wildman–Crippen MR) is 127 cm³/mol. The van der Waals surface area contributed by atoms with E-state index < -0.39 is 0 Å². The summed E-state index contributed by atoms with van der Waals surface area (Å²) in [6.07, 6.45) is 4.46. The van der Waals surface area contributed by atoms with Crippen molar-refractivity contribution in [2.24, 2.45) is 0 Å². The zero-order chi connectivity index (χ0) is 22.0. The lowest BCUT2D eigenvalue weighted by atomic mass is 9.75. The Morgan fingerprint density at radius 1 is 0.750 bits per heavy atom. The average Bonchev–Trinajstić information content (AvgIpc) is 2.84. The molecule has 1 fully saturated rings. The third-order valence-corrected chi connectivity index (χ3v) is 5.60. The topological polar surface area (TPSA) is 57.1 Å². The summed E-state index contributed by atoms with van der Waals surface area (Å²) in [5.41, 5.74) is 6.26. The van der Waals surface area contributed by atoms with Crippen molar-refractivity contribution in [1.29, 1.82) is 0 Å². The molecule has 0 bridgehead atoms. The first-order chi connectivity index (χ1) is 15.6. The van der Waals surface area contributed by atoms with Gasteiger partial charge in [-0.05, 0) is 73.3 Å². The van der Waals surface area contributed by atoms with Crippen LogP contribution in [0.2, 0.25) is 0 Å². The molecule has 0 aliphatic carbocycles. The van der Waals surface area contributed by atoms with Crippen LogP contribution in [0.1, 0.15) is 20.3 Å². The van der Waals surface area contributed by atoms with Gasteiger partial charge >= 0.3 is 7.12 Å². The molecular weight excluding hydrogens is 397 g/mol. The van der Waals surface area contributed by atoms with E-state index in [9.17, 15) is 0 Å². The van der Waals surface area contributed by atoms with Crippen LogP contribution in [-0.4, -0.2) is 34.3 Å². The summed E-state index contributed by atoms with van der Waals surface area (Å²) in [6, 6.07) is 24.2. The molecule has 5 nitrogen and oxygen atoms in total. The summed E-state index contributed by atoms with van der Waals surface area (Å²) >= 11 is 0. The molecule has 1 aliphatic rings. The lowest BCUT2D eigenvalue weighted by molar-refractivity contribution is 0.0108. The third kappa shape index (κ3) is 4.47. The van der Waals surface area contributed by atoms with Gasteiger partial charge in [0.25, 0.3) is 0 Å². The second-order valence-corrected chi connectivity index (χ2v) is 8.51. The van der Waals surface area contributed by atoms with E-state index in [-0.39, 0.29) is 12.7 Å². The van der Waals surface area contributed by atoms with Crippen LogP contribution in [0.5, 0.6) is 0 Å². The lowest BCUT2D eigenvalue weighted by Gasteiger charge is -2.34. The number of hydrogen-bond acceptors (Lipinski definition) is 5. The van der Waals surface area contributed by atoms with Crippen LogP contribution in [0, 0.1) is 0 Å². The third-order valence-electron chi connectivity index (χ3n) is 5.60. The van der Waals surface area contributed by atoms with Crippen molar-refractivity contribution >= 4 is 12.6 Å². The summed E-state index contributed by atoms with van der Waals surface area (Å²) in [4.78, 5) is 13.8. The van der Waals surface area contributed by atoms with E-state index in [1.807, 2.05) is 36.4 Å². The van der Waals surface area contributed by atoms with Crippen LogP contribution < -0.4 is 5.46 Å². The number of aromatic nitrogens is 3. The zero-order valence-corrected chi connectivity index (χ0v) is 18.2. The minimum Gasteiger partial charge on any atom is -0.407 e. The molecule has 0 amide bonds. The van der Waals surface area contributed by atoms with E-state index in [2.05, 4.69) is 60.2 Å². The molecule has 4 heterocycles. The molecule has 158 valence electrons. The van der Waals surface area contributed by atoms with Crippen molar-refractivity contribution in [2.45, 2.75) is 25.9 Å². The Labute approximate surface area is 188 Å². The highest BCUT2D eigenvalue weighted by Gasteiger charge is 2.34. The molecular formula is C26H24BN3O2. The molecule has 1 saturated heterocycles. The first-order valence-electron chi connectivity index (χ1n) is 10.8. The van der Waals surface area contributed by atoms with E-state index in [1.165, 1.54) is 0 Å². The van der Waals surface area contributed by atoms with Gasteiger partial charge in [0.2, 0.25) is 0 Å². The van der Waals surface area contributed by atoms with Crippen molar-refractivity contribution in [3.05, 3.63) is 85.2 Å². The molecule has 5 rings (SSSR count). The highest BCUT2D eigenvalue weighted by molar-refractivity contribution is 6.61. The standard InChI is InChI=1S/C26H24BN3O2/c1-26(2)13-16-31-27(32-26)21-11-9-19(10-12-21)20-17-24(22-7-3-5-14-28-22)30-25(18-20)23-8-4-6-15-29-23/h3-12,14-15,17-18H,13,16H2,1-2H3. The molecule has 6 heteroatoms. The van der Waals surface area contributed by atoms with Gasteiger partial charge in [-0.3, -0.25) is 9.97 Å². The van der Waals surface area contributed by atoms with Gasteiger partial charge in [-0.2, -0.15) is 0 Å². The van der Waals surface area contributed by atoms with E-state index in [0.717, 1.165) is 45.8 Å². The molecule has 4 aromatic rings. The minimum atomic E-state index is -0.335. The van der Waals surface area contributed by atoms with E-state index in [0.29, 0.717) is 6.61 Å². The molecule has 0 radical (unpaired) electrons. The number of nitrogens with zero attached hydrogens (tertiary/aromatic N) is 3. The van der Waals surface area contributed by atoms with Gasteiger partial charge in [-0.25, -0.2) is 4.98 Å². The maximum absolute atomic E-state index is 6.11. The highest BCUT2D eigenvalue weighted by atomic mass is 16.6. The van der Waals surface area contributed by atoms with Gasteiger partial charge in [-0.15, -0.1) is 0 Å². The first kappa shape index (κ1) is 20.6. The van der Waals surface area contributed by atoms with E-state index in [1.54, 1.807) is 12.4 Å². The van der Waals surface area contributed by atoms with Crippen molar-refractivity contribution in [1.82, 2.24) is 15.0 Å². The molecule has 1 aromatic carbocycles. The van der Waals surface area contributed by atoms with E-state index >= 15 is 0 Å². The summed E-state index contributed by atoms with van der Waals surface area (Å²) in [6.45, 7) is 4.91. The Morgan fingerprint density at radius 2 is 1.38 bits per heavy atom. The van der Waals surface area contributed by atoms with Crippen LogP contribution in [0.3, 0.4) is 0 Å². The fraction of sp³-hybridized carbons (Fsp3) is 0.192. The molecule has 1 aliphatic heterocycles. The summed E-state index contributed by atoms with van der Waals surface area (Å²) in [5.74, 6) is 0. The molecule has 32 heavy (non-hydrogen) atoms. The number of rotatable bonds is 4. The summed E-state index contributed by atoms with van der Waals surface area (Å²) < 4.78 is 12.0. The van der Waals surface area contributed by atoms with Crippen molar-refractivity contribution in [3.63, 3.8) is 0 Å². The maximum atomic E-state index is 6.11. The second kappa shape index (κ2) is 8.65. The Kier molecular flexibility index (Phi) is 5.56. The normalized spacial score (nSPS) is 15.5. The van der Waals surface area contributed by atoms with Crippen LogP contribution in [-0.2, 0) is 9.31 Å². The molecule has 3 aromatic heterocycles. The highest BCUT2D eigenvalue weighted by Crippen LogP contribution is 2.29. The Morgan fingerprint density at radius 3 is 1.91 bits per heavy atom. The Balaban J connectivity index is 1.52. The monoisotopic (exact) mass is 421 g/mol. The van der Waals surface area contributed by atoms with E-state index in [4.69, 9.17) is 14.3 Å². The van der Waals surface area contributed by atoms with Crippen LogP contribution >= 0.6 is 0 Å². The van der Waals surface area contributed by atoms with Crippen LogP contribution in [0.15, 0.2) is 85.2 Å². The first-order valence-corrected chi connectivity index (χ1v) is 10.8. The molecule has 0 unspecified atom stereocenters. The smallest absolute Gasteiger partial charge is 0.407 e. The Hall–Kier alpha value is -3.35. The lowest BCUT2D eigenvalue weighted by Crippen LogP contribution is -2.48.